The second kappa shape index (κ2) is 3.84. The van der Waals surface area contributed by atoms with Crippen LogP contribution >= 0.6 is 0 Å². The van der Waals surface area contributed by atoms with E-state index in [-0.39, 0.29) is 5.54 Å². The molecule has 0 bridgehead atoms. The Balaban J connectivity index is 1.81. The van der Waals surface area contributed by atoms with Gasteiger partial charge in [0.15, 0.2) is 5.82 Å². The molecule has 16 heavy (non-hydrogen) atoms. The third-order valence-electron chi connectivity index (χ3n) is 3.81. The predicted molar refractivity (Wildman–Crippen MR) is 59.8 cm³/mol. The maximum Gasteiger partial charge on any atom is 0.246 e. The first kappa shape index (κ1) is 10.3. The minimum atomic E-state index is -0.351. The quantitative estimate of drug-likeness (QED) is 0.779. The van der Waals surface area contributed by atoms with Gasteiger partial charge in [0.25, 0.3) is 0 Å². The Bertz CT molecular complexity index is 362. The topological polar surface area (TPSA) is 64.9 Å². The summed E-state index contributed by atoms with van der Waals surface area (Å²) < 4.78 is 5.38. The van der Waals surface area contributed by atoms with Crippen LogP contribution < -0.4 is 5.73 Å². The van der Waals surface area contributed by atoms with Gasteiger partial charge in [0.2, 0.25) is 5.89 Å². The number of nitrogens with zero attached hydrogens (tertiary/aromatic N) is 2. The van der Waals surface area contributed by atoms with Crippen LogP contribution in [0.25, 0.3) is 0 Å². The van der Waals surface area contributed by atoms with Crippen LogP contribution in [0.2, 0.25) is 0 Å². The lowest BCUT2D eigenvalue weighted by Crippen LogP contribution is -2.36. The normalized spacial score (nSPS) is 25.3. The van der Waals surface area contributed by atoms with E-state index in [9.17, 15) is 0 Å². The average molecular weight is 221 g/mol. The molecule has 0 aromatic carbocycles. The van der Waals surface area contributed by atoms with Crippen LogP contribution in [0.1, 0.15) is 69.0 Å². The number of aromatic nitrogens is 2. The molecule has 0 radical (unpaired) electrons. The van der Waals surface area contributed by atoms with Crippen molar-refractivity contribution in [2.24, 2.45) is 5.73 Å². The highest BCUT2D eigenvalue weighted by atomic mass is 16.5. The summed E-state index contributed by atoms with van der Waals surface area (Å²) in [5.74, 6) is 2.10. The molecule has 2 N–H and O–H groups in total. The third kappa shape index (κ3) is 1.86. The Kier molecular flexibility index (Phi) is 2.46. The van der Waals surface area contributed by atoms with Crippen molar-refractivity contribution in [1.82, 2.24) is 10.1 Å². The fraction of sp³-hybridized carbons (Fsp3) is 0.833. The summed E-state index contributed by atoms with van der Waals surface area (Å²) in [5.41, 5.74) is 6.07. The van der Waals surface area contributed by atoms with Crippen molar-refractivity contribution in [1.29, 1.82) is 0 Å². The number of hydrogen-bond donors (Lipinski definition) is 1. The van der Waals surface area contributed by atoms with Gasteiger partial charge in [-0.05, 0) is 25.7 Å². The zero-order chi connectivity index (χ0) is 11.0. The van der Waals surface area contributed by atoms with Gasteiger partial charge in [-0.1, -0.05) is 30.8 Å². The SMILES string of the molecule is NC1(c2nc(C3CC3)no2)CCCCCC1. The molecule has 0 spiro atoms. The third-order valence-corrected chi connectivity index (χ3v) is 3.81. The molecular formula is C12H19N3O. The van der Waals surface area contributed by atoms with Crippen molar-refractivity contribution < 1.29 is 4.52 Å². The molecule has 2 saturated carbocycles. The molecular weight excluding hydrogens is 202 g/mol. The molecule has 0 aliphatic heterocycles. The van der Waals surface area contributed by atoms with Crippen LogP contribution in [0.3, 0.4) is 0 Å². The summed E-state index contributed by atoms with van der Waals surface area (Å²) in [7, 11) is 0. The average Bonchev–Trinajstić information content (AvgIpc) is 3.05. The van der Waals surface area contributed by atoms with Gasteiger partial charge in [0.1, 0.15) is 0 Å². The summed E-state index contributed by atoms with van der Waals surface area (Å²) in [6.07, 6.45) is 9.30. The minimum Gasteiger partial charge on any atom is -0.337 e. The van der Waals surface area contributed by atoms with E-state index in [1.54, 1.807) is 0 Å². The molecule has 0 unspecified atom stereocenters. The highest BCUT2D eigenvalue weighted by Gasteiger charge is 2.36. The fourth-order valence-corrected chi connectivity index (χ4v) is 2.52. The molecule has 1 aromatic rings. The van der Waals surface area contributed by atoms with Gasteiger partial charge in [-0.2, -0.15) is 4.98 Å². The molecule has 88 valence electrons. The van der Waals surface area contributed by atoms with E-state index in [1.807, 2.05) is 0 Å². The van der Waals surface area contributed by atoms with E-state index in [2.05, 4.69) is 10.1 Å². The molecule has 4 heteroatoms. The maximum atomic E-state index is 6.42. The van der Waals surface area contributed by atoms with Gasteiger partial charge in [-0.15, -0.1) is 0 Å². The lowest BCUT2D eigenvalue weighted by Gasteiger charge is -2.22. The smallest absolute Gasteiger partial charge is 0.246 e. The van der Waals surface area contributed by atoms with E-state index in [0.717, 1.165) is 18.7 Å². The van der Waals surface area contributed by atoms with Crippen molar-refractivity contribution in [2.45, 2.75) is 62.8 Å². The molecule has 0 saturated heterocycles. The Morgan fingerprint density at radius 1 is 1.12 bits per heavy atom. The van der Waals surface area contributed by atoms with Crippen LogP contribution in [-0.2, 0) is 5.54 Å². The summed E-state index contributed by atoms with van der Waals surface area (Å²) in [6.45, 7) is 0. The molecule has 2 fully saturated rings. The van der Waals surface area contributed by atoms with Gasteiger partial charge in [0.05, 0.1) is 5.54 Å². The van der Waals surface area contributed by atoms with Crippen LogP contribution in [0.15, 0.2) is 4.52 Å². The van der Waals surface area contributed by atoms with Crippen LogP contribution in [0.5, 0.6) is 0 Å². The van der Waals surface area contributed by atoms with Gasteiger partial charge >= 0.3 is 0 Å². The molecule has 0 amide bonds. The molecule has 2 aliphatic carbocycles. The highest BCUT2D eigenvalue weighted by molar-refractivity contribution is 5.08. The molecule has 3 rings (SSSR count). The van der Waals surface area contributed by atoms with Gasteiger partial charge in [-0.3, -0.25) is 0 Å². The second-order valence-corrected chi connectivity index (χ2v) is 5.30. The van der Waals surface area contributed by atoms with Gasteiger partial charge < -0.3 is 10.3 Å². The first-order valence-corrected chi connectivity index (χ1v) is 6.41. The number of hydrogen-bond acceptors (Lipinski definition) is 4. The zero-order valence-electron chi connectivity index (χ0n) is 9.61. The van der Waals surface area contributed by atoms with E-state index >= 15 is 0 Å². The zero-order valence-corrected chi connectivity index (χ0v) is 9.61. The summed E-state index contributed by atoms with van der Waals surface area (Å²) in [6, 6.07) is 0. The first-order valence-electron chi connectivity index (χ1n) is 6.41. The van der Waals surface area contributed by atoms with Crippen molar-refractivity contribution in [3.05, 3.63) is 11.7 Å². The summed E-state index contributed by atoms with van der Waals surface area (Å²) >= 11 is 0. The molecule has 4 nitrogen and oxygen atoms in total. The largest absolute Gasteiger partial charge is 0.337 e. The number of nitrogens with two attached hydrogens (primary N) is 1. The van der Waals surface area contributed by atoms with Crippen LogP contribution in [0.4, 0.5) is 0 Å². The van der Waals surface area contributed by atoms with E-state index in [0.29, 0.717) is 11.8 Å². The second-order valence-electron chi connectivity index (χ2n) is 5.30. The van der Waals surface area contributed by atoms with E-state index < -0.39 is 0 Å². The molecule has 0 atom stereocenters. The standard InChI is InChI=1S/C12H19N3O/c13-12(7-3-1-2-4-8-12)11-14-10(15-16-11)9-5-6-9/h9H,1-8,13H2. The Morgan fingerprint density at radius 2 is 1.81 bits per heavy atom. The fourth-order valence-electron chi connectivity index (χ4n) is 2.52. The number of rotatable bonds is 2. The summed E-state index contributed by atoms with van der Waals surface area (Å²) in [4.78, 5) is 4.51. The van der Waals surface area contributed by atoms with E-state index in [4.69, 9.17) is 10.3 Å². The van der Waals surface area contributed by atoms with Crippen molar-refractivity contribution in [3.63, 3.8) is 0 Å². The predicted octanol–water partition coefficient (Wildman–Crippen LogP) is 2.46. The molecule has 2 aliphatic rings. The van der Waals surface area contributed by atoms with E-state index in [1.165, 1.54) is 38.5 Å². The first-order chi connectivity index (χ1) is 7.78. The lowest BCUT2D eigenvalue weighted by atomic mass is 9.91. The van der Waals surface area contributed by atoms with Gasteiger partial charge in [0, 0.05) is 5.92 Å². The molecule has 1 heterocycles. The Labute approximate surface area is 95.6 Å². The van der Waals surface area contributed by atoms with Gasteiger partial charge in [-0.25, -0.2) is 0 Å². The summed E-state index contributed by atoms with van der Waals surface area (Å²) in [5, 5.41) is 4.06. The Morgan fingerprint density at radius 3 is 2.44 bits per heavy atom. The maximum absolute atomic E-state index is 6.42. The molecule has 1 aromatic heterocycles. The Hall–Kier alpha value is -0.900. The lowest BCUT2D eigenvalue weighted by molar-refractivity contribution is 0.256. The highest BCUT2D eigenvalue weighted by Crippen LogP contribution is 2.40. The van der Waals surface area contributed by atoms with Crippen molar-refractivity contribution >= 4 is 0 Å². The minimum absolute atomic E-state index is 0.351. The monoisotopic (exact) mass is 221 g/mol. The van der Waals surface area contributed by atoms with Crippen LogP contribution in [0, 0.1) is 0 Å². The van der Waals surface area contributed by atoms with Crippen LogP contribution in [-0.4, -0.2) is 10.1 Å². The van der Waals surface area contributed by atoms with Crippen molar-refractivity contribution in [3.8, 4) is 0 Å². The van der Waals surface area contributed by atoms with Crippen molar-refractivity contribution in [2.75, 3.05) is 0 Å².